The molecule has 0 aromatic heterocycles. The number of nitrogens with zero attached hydrogens (tertiary/aromatic N) is 2. The number of hydrogen-bond donors (Lipinski definition) is 0. The molecule has 0 N–H and O–H groups in total. The predicted molar refractivity (Wildman–Crippen MR) is 114 cm³/mol. The van der Waals surface area contributed by atoms with Gasteiger partial charge in [-0.25, -0.2) is 12.8 Å². The highest BCUT2D eigenvalue weighted by Gasteiger charge is 2.28. The Kier molecular flexibility index (Phi) is 5.65. The van der Waals surface area contributed by atoms with Crippen LogP contribution in [0.15, 0.2) is 83.8 Å². The van der Waals surface area contributed by atoms with Crippen LogP contribution in [0.3, 0.4) is 0 Å². The van der Waals surface area contributed by atoms with Crippen molar-refractivity contribution in [1.82, 2.24) is 4.31 Å². The largest absolute Gasteiger partial charge is 0.369 e. The van der Waals surface area contributed by atoms with Crippen LogP contribution in [0.4, 0.5) is 10.1 Å². The van der Waals surface area contributed by atoms with E-state index in [1.54, 1.807) is 48.5 Å². The monoisotopic (exact) mass is 424 g/mol. The molecule has 1 aliphatic heterocycles. The minimum absolute atomic E-state index is 0.236. The van der Waals surface area contributed by atoms with Crippen molar-refractivity contribution in [2.45, 2.75) is 4.90 Å². The standard InChI is InChI=1S/C23H21FN2O3S/c24-20-6-4-5-19(17-20)23(27)18-9-11-21(12-10-18)25-13-15-26(16-14-25)30(28,29)22-7-2-1-3-8-22/h1-12,17H,13-16H2. The lowest BCUT2D eigenvalue weighted by molar-refractivity contribution is 0.103. The summed E-state index contributed by atoms with van der Waals surface area (Å²) in [7, 11) is -3.49. The van der Waals surface area contributed by atoms with Gasteiger partial charge in [0.25, 0.3) is 0 Å². The summed E-state index contributed by atoms with van der Waals surface area (Å²) in [5, 5.41) is 0. The van der Waals surface area contributed by atoms with Crippen molar-refractivity contribution in [1.29, 1.82) is 0 Å². The zero-order chi connectivity index (χ0) is 21.1. The van der Waals surface area contributed by atoms with Gasteiger partial charge < -0.3 is 4.90 Å². The average molecular weight is 424 g/mol. The van der Waals surface area contributed by atoms with Crippen molar-refractivity contribution in [3.8, 4) is 0 Å². The molecule has 1 heterocycles. The first-order valence-corrected chi connectivity index (χ1v) is 11.1. The van der Waals surface area contributed by atoms with Crippen molar-refractivity contribution < 1.29 is 17.6 Å². The zero-order valence-corrected chi connectivity index (χ0v) is 17.1. The maximum atomic E-state index is 13.4. The lowest BCUT2D eigenvalue weighted by atomic mass is 10.0. The van der Waals surface area contributed by atoms with E-state index in [9.17, 15) is 17.6 Å². The molecule has 30 heavy (non-hydrogen) atoms. The Morgan fingerprint density at radius 3 is 2.07 bits per heavy atom. The van der Waals surface area contributed by atoms with Crippen molar-refractivity contribution in [2.24, 2.45) is 0 Å². The lowest BCUT2D eigenvalue weighted by Gasteiger charge is -2.35. The first-order valence-electron chi connectivity index (χ1n) is 9.66. The maximum Gasteiger partial charge on any atom is 0.243 e. The SMILES string of the molecule is O=C(c1ccc(N2CCN(S(=O)(=O)c3ccccc3)CC2)cc1)c1cccc(F)c1. The zero-order valence-electron chi connectivity index (χ0n) is 16.2. The van der Waals surface area contributed by atoms with Crippen LogP contribution in [0, 0.1) is 5.82 Å². The number of rotatable bonds is 5. The molecule has 1 fully saturated rings. The Balaban J connectivity index is 1.42. The molecule has 5 nitrogen and oxygen atoms in total. The van der Waals surface area contributed by atoms with Gasteiger partial charge in [0.2, 0.25) is 10.0 Å². The molecule has 0 amide bonds. The number of sulfonamides is 1. The highest BCUT2D eigenvalue weighted by molar-refractivity contribution is 7.89. The summed E-state index contributed by atoms with van der Waals surface area (Å²) < 4.78 is 40.4. The Morgan fingerprint density at radius 2 is 1.43 bits per heavy atom. The molecule has 4 rings (SSSR count). The second-order valence-electron chi connectivity index (χ2n) is 7.09. The summed E-state index contributed by atoms with van der Waals surface area (Å²) in [4.78, 5) is 14.9. The first-order chi connectivity index (χ1) is 14.4. The van der Waals surface area contributed by atoms with Crippen LogP contribution in [0.1, 0.15) is 15.9 Å². The summed E-state index contributed by atoms with van der Waals surface area (Å²) in [6.45, 7) is 1.90. The van der Waals surface area contributed by atoms with Crippen LogP contribution in [0.2, 0.25) is 0 Å². The fourth-order valence-electron chi connectivity index (χ4n) is 3.55. The number of carbonyl (C=O) groups is 1. The van der Waals surface area contributed by atoms with Gasteiger partial charge in [-0.3, -0.25) is 4.79 Å². The summed E-state index contributed by atoms with van der Waals surface area (Å²) in [5.74, 6) is -0.680. The highest BCUT2D eigenvalue weighted by atomic mass is 32.2. The molecule has 0 aliphatic carbocycles. The van der Waals surface area contributed by atoms with Gasteiger partial charge in [-0.1, -0.05) is 30.3 Å². The number of hydrogen-bond acceptors (Lipinski definition) is 4. The fourth-order valence-corrected chi connectivity index (χ4v) is 4.99. The second-order valence-corrected chi connectivity index (χ2v) is 9.03. The number of ketones is 1. The smallest absolute Gasteiger partial charge is 0.243 e. The molecule has 0 saturated carbocycles. The molecule has 0 radical (unpaired) electrons. The van der Waals surface area contributed by atoms with Crippen LogP contribution in [0.25, 0.3) is 0 Å². The third-order valence-corrected chi connectivity index (χ3v) is 7.11. The van der Waals surface area contributed by atoms with Gasteiger partial charge >= 0.3 is 0 Å². The molecule has 0 bridgehead atoms. The summed E-state index contributed by atoms with van der Waals surface area (Å²) in [5.41, 5.74) is 1.71. The van der Waals surface area contributed by atoms with Gasteiger partial charge in [-0.2, -0.15) is 4.31 Å². The minimum Gasteiger partial charge on any atom is -0.369 e. The van der Waals surface area contributed by atoms with E-state index < -0.39 is 15.8 Å². The quantitative estimate of drug-likeness (QED) is 0.588. The number of anilines is 1. The summed E-state index contributed by atoms with van der Waals surface area (Å²) in [6.07, 6.45) is 0. The van der Waals surface area contributed by atoms with Crippen LogP contribution >= 0.6 is 0 Å². The maximum absolute atomic E-state index is 13.4. The molecule has 7 heteroatoms. The number of carbonyl (C=O) groups excluding carboxylic acids is 1. The topological polar surface area (TPSA) is 57.7 Å². The predicted octanol–water partition coefficient (Wildman–Crippen LogP) is 3.57. The van der Waals surface area contributed by atoms with Gasteiger partial charge in [0.15, 0.2) is 5.78 Å². The Labute approximate surface area is 175 Å². The van der Waals surface area contributed by atoms with E-state index in [0.29, 0.717) is 42.2 Å². The van der Waals surface area contributed by atoms with Crippen molar-refractivity contribution in [3.63, 3.8) is 0 Å². The molecule has 1 saturated heterocycles. The molecular weight excluding hydrogens is 403 g/mol. The van der Waals surface area contributed by atoms with Gasteiger partial charge in [-0.15, -0.1) is 0 Å². The summed E-state index contributed by atoms with van der Waals surface area (Å²) in [6, 6.07) is 21.2. The van der Waals surface area contributed by atoms with E-state index in [1.807, 2.05) is 12.1 Å². The Morgan fingerprint density at radius 1 is 0.767 bits per heavy atom. The Bertz CT molecular complexity index is 1140. The molecule has 0 unspecified atom stereocenters. The third kappa shape index (κ3) is 4.13. The molecule has 3 aromatic carbocycles. The van der Waals surface area contributed by atoms with Gasteiger partial charge in [-0.05, 0) is 48.5 Å². The third-order valence-electron chi connectivity index (χ3n) is 5.20. The fraction of sp³-hybridized carbons (Fsp3) is 0.174. The van der Waals surface area contributed by atoms with Crippen molar-refractivity contribution in [2.75, 3.05) is 31.1 Å². The van der Waals surface area contributed by atoms with E-state index in [1.165, 1.54) is 22.5 Å². The van der Waals surface area contributed by atoms with Gasteiger partial charge in [0, 0.05) is 43.0 Å². The minimum atomic E-state index is -3.49. The van der Waals surface area contributed by atoms with Gasteiger partial charge in [0.1, 0.15) is 5.82 Å². The lowest BCUT2D eigenvalue weighted by Crippen LogP contribution is -2.48. The van der Waals surface area contributed by atoms with Crippen LogP contribution < -0.4 is 4.90 Å². The van der Waals surface area contributed by atoms with Crippen LogP contribution in [-0.2, 0) is 10.0 Å². The van der Waals surface area contributed by atoms with E-state index in [2.05, 4.69) is 4.90 Å². The molecule has 3 aromatic rings. The van der Waals surface area contributed by atoms with E-state index in [-0.39, 0.29) is 5.78 Å². The van der Waals surface area contributed by atoms with Crippen LogP contribution in [-0.4, -0.2) is 44.7 Å². The van der Waals surface area contributed by atoms with Crippen molar-refractivity contribution >= 4 is 21.5 Å². The van der Waals surface area contributed by atoms with E-state index in [0.717, 1.165) is 5.69 Å². The second kappa shape index (κ2) is 8.38. The van der Waals surface area contributed by atoms with Crippen LogP contribution in [0.5, 0.6) is 0 Å². The number of halogens is 1. The first kappa shape index (κ1) is 20.3. The molecule has 154 valence electrons. The number of benzene rings is 3. The van der Waals surface area contributed by atoms with E-state index >= 15 is 0 Å². The molecule has 1 aliphatic rings. The Hall–Kier alpha value is -3.03. The molecule has 0 atom stereocenters. The van der Waals surface area contributed by atoms with E-state index in [4.69, 9.17) is 0 Å². The van der Waals surface area contributed by atoms with Gasteiger partial charge in [0.05, 0.1) is 4.90 Å². The average Bonchev–Trinajstić information content (AvgIpc) is 2.79. The molecular formula is C23H21FN2O3S. The highest BCUT2D eigenvalue weighted by Crippen LogP contribution is 2.22. The molecule has 0 spiro atoms. The number of piperazine rings is 1. The van der Waals surface area contributed by atoms with Crippen molar-refractivity contribution in [3.05, 3.63) is 95.8 Å². The summed E-state index contributed by atoms with van der Waals surface area (Å²) >= 11 is 0. The normalized spacial score (nSPS) is 15.2.